The lowest BCUT2D eigenvalue weighted by molar-refractivity contribution is 0.672. The number of rotatable bonds is 5. The fourth-order valence-electron chi connectivity index (χ4n) is 6.71. The van der Waals surface area contributed by atoms with Crippen LogP contribution in [-0.4, -0.2) is 4.98 Å². The van der Waals surface area contributed by atoms with Crippen LogP contribution in [0.2, 0.25) is 0 Å². The Morgan fingerprint density at radius 2 is 1.11 bits per heavy atom. The summed E-state index contributed by atoms with van der Waals surface area (Å²) in [5, 5.41) is 5.75. The first-order valence-corrected chi connectivity index (χ1v) is 15.5. The standard InChI is InChI=1S/C43H28N2O/c1-2-11-30(12-3-1)37-17-8-9-20-40(37)45(33-24-21-32(22-25-33)36-19-10-15-29-13-4-6-16-35(29)36)34-27-41-42(44-28-34)39-26-23-31-14-5-7-18-38(31)43(39)46-41/h1-28H. The molecule has 46 heavy (non-hydrogen) atoms. The number of fused-ring (bicyclic) bond motifs is 6. The van der Waals surface area contributed by atoms with E-state index >= 15 is 0 Å². The number of aromatic nitrogens is 1. The maximum Gasteiger partial charge on any atom is 0.155 e. The van der Waals surface area contributed by atoms with Crippen LogP contribution in [0.1, 0.15) is 0 Å². The molecule has 9 rings (SSSR count). The molecule has 0 aliphatic rings. The number of nitrogens with zero attached hydrogens (tertiary/aromatic N) is 2. The molecule has 0 fully saturated rings. The molecular weight excluding hydrogens is 560 g/mol. The Bertz CT molecular complexity index is 2530. The molecule has 0 atom stereocenters. The van der Waals surface area contributed by atoms with E-state index in [0.29, 0.717) is 0 Å². The van der Waals surface area contributed by atoms with E-state index in [1.807, 2.05) is 6.20 Å². The highest BCUT2D eigenvalue weighted by atomic mass is 16.3. The monoisotopic (exact) mass is 588 g/mol. The van der Waals surface area contributed by atoms with E-state index in [-0.39, 0.29) is 0 Å². The van der Waals surface area contributed by atoms with E-state index in [4.69, 9.17) is 9.40 Å². The number of hydrogen-bond donors (Lipinski definition) is 0. The fraction of sp³-hybridized carbons (Fsp3) is 0. The van der Waals surface area contributed by atoms with Gasteiger partial charge in [0.1, 0.15) is 11.1 Å². The van der Waals surface area contributed by atoms with Gasteiger partial charge in [0, 0.05) is 28.1 Å². The lowest BCUT2D eigenvalue weighted by atomic mass is 9.97. The molecule has 2 heterocycles. The second kappa shape index (κ2) is 10.8. The molecule has 0 unspecified atom stereocenters. The van der Waals surface area contributed by atoms with Crippen molar-refractivity contribution in [3.05, 3.63) is 170 Å². The lowest BCUT2D eigenvalue weighted by Gasteiger charge is -2.27. The van der Waals surface area contributed by atoms with Gasteiger partial charge < -0.3 is 9.32 Å². The van der Waals surface area contributed by atoms with Crippen molar-refractivity contribution in [2.75, 3.05) is 4.90 Å². The molecule has 7 aromatic carbocycles. The molecule has 0 amide bonds. The predicted molar refractivity (Wildman–Crippen MR) is 192 cm³/mol. The van der Waals surface area contributed by atoms with Crippen molar-refractivity contribution in [2.24, 2.45) is 0 Å². The van der Waals surface area contributed by atoms with E-state index in [9.17, 15) is 0 Å². The van der Waals surface area contributed by atoms with Crippen LogP contribution in [0.15, 0.2) is 174 Å². The second-order valence-corrected chi connectivity index (χ2v) is 11.6. The van der Waals surface area contributed by atoms with E-state index in [2.05, 4.69) is 169 Å². The average molecular weight is 589 g/mol. The molecule has 216 valence electrons. The van der Waals surface area contributed by atoms with E-state index in [1.54, 1.807) is 0 Å². The second-order valence-electron chi connectivity index (χ2n) is 11.6. The van der Waals surface area contributed by atoms with Gasteiger partial charge in [-0.25, -0.2) is 4.98 Å². The molecule has 0 spiro atoms. The summed E-state index contributed by atoms with van der Waals surface area (Å²) < 4.78 is 6.57. The number of benzene rings is 7. The quantitative estimate of drug-likeness (QED) is 0.200. The number of furan rings is 1. The van der Waals surface area contributed by atoms with Gasteiger partial charge in [-0.1, -0.05) is 133 Å². The van der Waals surface area contributed by atoms with Crippen LogP contribution in [-0.2, 0) is 0 Å². The molecule has 2 aromatic heterocycles. The van der Waals surface area contributed by atoms with Crippen LogP contribution in [0.5, 0.6) is 0 Å². The summed E-state index contributed by atoms with van der Waals surface area (Å²) in [6, 6.07) is 57.7. The minimum atomic E-state index is 0.762. The highest BCUT2D eigenvalue weighted by molar-refractivity contribution is 6.14. The smallest absolute Gasteiger partial charge is 0.155 e. The number of pyridine rings is 1. The van der Waals surface area contributed by atoms with E-state index in [0.717, 1.165) is 61.0 Å². The molecular formula is C43H28N2O. The third kappa shape index (κ3) is 4.33. The van der Waals surface area contributed by atoms with E-state index in [1.165, 1.54) is 21.9 Å². The molecule has 0 aliphatic heterocycles. The highest BCUT2D eigenvalue weighted by Crippen LogP contribution is 2.43. The summed E-state index contributed by atoms with van der Waals surface area (Å²) in [5.74, 6) is 0. The zero-order valence-corrected chi connectivity index (χ0v) is 25.0. The van der Waals surface area contributed by atoms with Crippen LogP contribution < -0.4 is 4.90 Å². The van der Waals surface area contributed by atoms with Gasteiger partial charge in [-0.3, -0.25) is 0 Å². The van der Waals surface area contributed by atoms with Crippen LogP contribution in [0.4, 0.5) is 17.1 Å². The molecule has 0 bridgehead atoms. The highest BCUT2D eigenvalue weighted by Gasteiger charge is 2.20. The van der Waals surface area contributed by atoms with Crippen molar-refractivity contribution >= 4 is 60.7 Å². The Kier molecular flexibility index (Phi) is 6.14. The maximum atomic E-state index is 6.57. The van der Waals surface area contributed by atoms with Gasteiger partial charge in [-0.15, -0.1) is 0 Å². The predicted octanol–water partition coefficient (Wildman–Crippen LogP) is 12.1. The van der Waals surface area contributed by atoms with Crippen molar-refractivity contribution in [1.82, 2.24) is 4.98 Å². The summed E-state index contributed by atoms with van der Waals surface area (Å²) in [4.78, 5) is 7.30. The molecule has 3 heteroatoms. The average Bonchev–Trinajstić information content (AvgIpc) is 3.51. The van der Waals surface area contributed by atoms with Crippen molar-refractivity contribution in [2.45, 2.75) is 0 Å². The lowest BCUT2D eigenvalue weighted by Crippen LogP contribution is -2.11. The van der Waals surface area contributed by atoms with Crippen molar-refractivity contribution in [3.63, 3.8) is 0 Å². The molecule has 9 aromatic rings. The van der Waals surface area contributed by atoms with Gasteiger partial charge in [-0.05, 0) is 57.1 Å². The Labute approximate surface area is 266 Å². The number of anilines is 3. The summed E-state index contributed by atoms with van der Waals surface area (Å²) in [6.07, 6.45) is 1.97. The summed E-state index contributed by atoms with van der Waals surface area (Å²) >= 11 is 0. The molecule has 0 aliphatic carbocycles. The Hall–Kier alpha value is -6.19. The van der Waals surface area contributed by atoms with Gasteiger partial charge in [0.05, 0.1) is 17.6 Å². The van der Waals surface area contributed by atoms with Gasteiger partial charge in [0.15, 0.2) is 5.58 Å². The first kappa shape index (κ1) is 26.2. The minimum Gasteiger partial charge on any atom is -0.454 e. The SMILES string of the molecule is c1ccc(-c2ccccc2N(c2ccc(-c3cccc4ccccc34)cc2)c2cnc3c(c2)oc2c4ccccc4ccc32)cc1. The Balaban J connectivity index is 1.23. The zero-order valence-electron chi connectivity index (χ0n) is 25.0. The van der Waals surface area contributed by atoms with Crippen molar-refractivity contribution < 1.29 is 4.42 Å². The van der Waals surface area contributed by atoms with Crippen LogP contribution in [0, 0.1) is 0 Å². The third-order valence-electron chi connectivity index (χ3n) is 8.90. The van der Waals surface area contributed by atoms with Gasteiger partial charge >= 0.3 is 0 Å². The first-order chi connectivity index (χ1) is 22.8. The largest absolute Gasteiger partial charge is 0.454 e. The summed E-state index contributed by atoms with van der Waals surface area (Å²) in [5.41, 5.74) is 10.2. The first-order valence-electron chi connectivity index (χ1n) is 15.5. The van der Waals surface area contributed by atoms with Gasteiger partial charge in [0.25, 0.3) is 0 Å². The molecule has 0 saturated carbocycles. The summed E-state index contributed by atoms with van der Waals surface area (Å²) in [7, 11) is 0. The van der Waals surface area contributed by atoms with Gasteiger partial charge in [-0.2, -0.15) is 0 Å². The summed E-state index contributed by atoms with van der Waals surface area (Å²) in [6.45, 7) is 0. The normalized spacial score (nSPS) is 11.5. The van der Waals surface area contributed by atoms with Crippen LogP contribution >= 0.6 is 0 Å². The van der Waals surface area contributed by atoms with Crippen LogP contribution in [0.25, 0.3) is 65.9 Å². The van der Waals surface area contributed by atoms with Crippen LogP contribution in [0.3, 0.4) is 0 Å². The third-order valence-corrected chi connectivity index (χ3v) is 8.90. The number of para-hydroxylation sites is 1. The minimum absolute atomic E-state index is 0.762. The Morgan fingerprint density at radius 1 is 0.457 bits per heavy atom. The zero-order chi connectivity index (χ0) is 30.5. The van der Waals surface area contributed by atoms with Crippen molar-refractivity contribution in [1.29, 1.82) is 0 Å². The number of hydrogen-bond acceptors (Lipinski definition) is 3. The Morgan fingerprint density at radius 3 is 1.96 bits per heavy atom. The fourth-order valence-corrected chi connectivity index (χ4v) is 6.71. The van der Waals surface area contributed by atoms with Gasteiger partial charge in [0.2, 0.25) is 0 Å². The topological polar surface area (TPSA) is 29.3 Å². The molecule has 3 nitrogen and oxygen atoms in total. The molecule has 0 radical (unpaired) electrons. The molecule has 0 N–H and O–H groups in total. The molecule has 0 saturated heterocycles. The maximum absolute atomic E-state index is 6.57. The van der Waals surface area contributed by atoms with E-state index < -0.39 is 0 Å². The van der Waals surface area contributed by atoms with Crippen molar-refractivity contribution in [3.8, 4) is 22.3 Å².